The zero-order valence-electron chi connectivity index (χ0n) is 11.8. The number of rotatable bonds is 4. The van der Waals surface area contributed by atoms with Crippen LogP contribution in [0.1, 0.15) is 10.4 Å². The summed E-state index contributed by atoms with van der Waals surface area (Å²) in [5.74, 6) is 0. The molecule has 0 fully saturated rings. The number of hydrogen-bond acceptors (Lipinski definition) is 2. The standard InChI is InChI=1S/C18H16ClNS/c1-13-6-5-9-17(19)18(13)20-11-16-10-15(12-21-16)14-7-3-2-4-8-14/h2-10,12,20H,11H2,1H3. The van der Waals surface area contributed by atoms with Crippen molar-refractivity contribution < 1.29 is 0 Å². The second-order valence-corrected chi connectivity index (χ2v) is 6.36. The van der Waals surface area contributed by atoms with Crippen LogP contribution in [0.2, 0.25) is 5.02 Å². The van der Waals surface area contributed by atoms with Crippen molar-refractivity contribution in [2.24, 2.45) is 0 Å². The van der Waals surface area contributed by atoms with Gasteiger partial charge in [-0.05, 0) is 41.1 Å². The molecule has 0 aliphatic heterocycles. The van der Waals surface area contributed by atoms with Gasteiger partial charge in [0.25, 0.3) is 0 Å². The lowest BCUT2D eigenvalue weighted by molar-refractivity contribution is 1.18. The lowest BCUT2D eigenvalue weighted by Crippen LogP contribution is -1.99. The molecule has 1 N–H and O–H groups in total. The number of hydrogen-bond donors (Lipinski definition) is 1. The van der Waals surface area contributed by atoms with Gasteiger partial charge in [0.05, 0.1) is 10.7 Å². The van der Waals surface area contributed by atoms with E-state index in [1.807, 2.05) is 18.2 Å². The molecule has 0 saturated heterocycles. The first-order chi connectivity index (χ1) is 10.2. The fraction of sp³-hybridized carbons (Fsp3) is 0.111. The zero-order chi connectivity index (χ0) is 14.7. The summed E-state index contributed by atoms with van der Waals surface area (Å²) in [6, 6.07) is 18.6. The molecule has 0 unspecified atom stereocenters. The van der Waals surface area contributed by atoms with Crippen LogP contribution >= 0.6 is 22.9 Å². The van der Waals surface area contributed by atoms with Gasteiger partial charge in [0, 0.05) is 11.4 Å². The molecule has 2 aromatic carbocycles. The van der Waals surface area contributed by atoms with Gasteiger partial charge in [-0.1, -0.05) is 54.1 Å². The summed E-state index contributed by atoms with van der Waals surface area (Å²) in [6.07, 6.45) is 0. The summed E-state index contributed by atoms with van der Waals surface area (Å²) >= 11 is 8.01. The highest BCUT2D eigenvalue weighted by Gasteiger charge is 2.05. The van der Waals surface area contributed by atoms with Gasteiger partial charge < -0.3 is 5.32 Å². The Kier molecular flexibility index (Phi) is 4.28. The number of para-hydroxylation sites is 1. The Morgan fingerprint density at radius 2 is 1.81 bits per heavy atom. The highest BCUT2D eigenvalue weighted by molar-refractivity contribution is 7.10. The monoisotopic (exact) mass is 313 g/mol. The predicted octanol–water partition coefficient (Wildman–Crippen LogP) is 5.99. The van der Waals surface area contributed by atoms with Gasteiger partial charge in [0.15, 0.2) is 0 Å². The lowest BCUT2D eigenvalue weighted by atomic mass is 10.1. The number of anilines is 1. The van der Waals surface area contributed by atoms with E-state index in [4.69, 9.17) is 11.6 Å². The first kappa shape index (κ1) is 14.2. The molecule has 3 aromatic rings. The molecule has 0 bridgehead atoms. The maximum Gasteiger partial charge on any atom is 0.0640 e. The molecule has 0 atom stereocenters. The molecular formula is C18H16ClNS. The largest absolute Gasteiger partial charge is 0.379 e. The van der Waals surface area contributed by atoms with Crippen LogP contribution in [-0.4, -0.2) is 0 Å². The van der Waals surface area contributed by atoms with Crippen molar-refractivity contribution in [3.63, 3.8) is 0 Å². The number of aryl methyl sites for hydroxylation is 1. The summed E-state index contributed by atoms with van der Waals surface area (Å²) in [5, 5.41) is 6.41. The third kappa shape index (κ3) is 3.29. The summed E-state index contributed by atoms with van der Waals surface area (Å²) < 4.78 is 0. The van der Waals surface area contributed by atoms with Crippen LogP contribution in [0, 0.1) is 6.92 Å². The van der Waals surface area contributed by atoms with E-state index in [9.17, 15) is 0 Å². The molecule has 3 rings (SSSR count). The van der Waals surface area contributed by atoms with Gasteiger partial charge in [-0.2, -0.15) is 0 Å². The second-order valence-electron chi connectivity index (χ2n) is 4.95. The SMILES string of the molecule is Cc1cccc(Cl)c1NCc1cc(-c2ccccc2)cs1. The first-order valence-corrected chi connectivity index (χ1v) is 8.11. The minimum absolute atomic E-state index is 0.773. The summed E-state index contributed by atoms with van der Waals surface area (Å²) in [5.41, 5.74) is 4.72. The topological polar surface area (TPSA) is 12.0 Å². The maximum absolute atomic E-state index is 6.24. The highest BCUT2D eigenvalue weighted by atomic mass is 35.5. The summed E-state index contributed by atoms with van der Waals surface area (Å²) in [6.45, 7) is 2.86. The highest BCUT2D eigenvalue weighted by Crippen LogP contribution is 2.28. The Hall–Kier alpha value is -1.77. The van der Waals surface area contributed by atoms with Gasteiger partial charge in [-0.25, -0.2) is 0 Å². The molecule has 1 heterocycles. The fourth-order valence-corrected chi connectivity index (χ4v) is 3.41. The maximum atomic E-state index is 6.24. The van der Waals surface area contributed by atoms with Crippen LogP contribution < -0.4 is 5.32 Å². The molecule has 1 nitrogen and oxygen atoms in total. The van der Waals surface area contributed by atoms with Crippen molar-refractivity contribution in [1.82, 2.24) is 0 Å². The van der Waals surface area contributed by atoms with Crippen molar-refractivity contribution in [1.29, 1.82) is 0 Å². The number of thiophene rings is 1. The van der Waals surface area contributed by atoms with E-state index >= 15 is 0 Å². The van der Waals surface area contributed by atoms with E-state index in [0.717, 1.165) is 17.3 Å². The van der Waals surface area contributed by atoms with Gasteiger partial charge in [-0.3, -0.25) is 0 Å². The normalized spacial score (nSPS) is 10.6. The van der Waals surface area contributed by atoms with E-state index in [0.29, 0.717) is 0 Å². The van der Waals surface area contributed by atoms with E-state index in [1.54, 1.807) is 11.3 Å². The molecule has 0 spiro atoms. The minimum atomic E-state index is 0.773. The van der Waals surface area contributed by atoms with Crippen molar-refractivity contribution in [2.45, 2.75) is 13.5 Å². The Bertz CT molecular complexity index is 714. The van der Waals surface area contributed by atoms with Crippen molar-refractivity contribution in [3.8, 4) is 11.1 Å². The first-order valence-electron chi connectivity index (χ1n) is 6.86. The van der Waals surface area contributed by atoms with Gasteiger partial charge in [0.2, 0.25) is 0 Å². The zero-order valence-corrected chi connectivity index (χ0v) is 13.3. The number of nitrogens with one attached hydrogen (secondary N) is 1. The quantitative estimate of drug-likeness (QED) is 0.624. The average molecular weight is 314 g/mol. The number of benzene rings is 2. The third-order valence-electron chi connectivity index (χ3n) is 3.42. The Labute approximate surface area is 134 Å². The van der Waals surface area contributed by atoms with E-state index in [2.05, 4.69) is 54.0 Å². The van der Waals surface area contributed by atoms with Crippen LogP contribution in [0.15, 0.2) is 60.0 Å². The summed E-state index contributed by atoms with van der Waals surface area (Å²) in [7, 11) is 0. The molecular weight excluding hydrogens is 298 g/mol. The lowest BCUT2D eigenvalue weighted by Gasteiger charge is -2.10. The molecule has 106 valence electrons. The average Bonchev–Trinajstić information content (AvgIpc) is 2.97. The third-order valence-corrected chi connectivity index (χ3v) is 4.67. The molecule has 3 heteroatoms. The summed E-state index contributed by atoms with van der Waals surface area (Å²) in [4.78, 5) is 1.30. The molecule has 0 saturated carbocycles. The minimum Gasteiger partial charge on any atom is -0.379 e. The molecule has 21 heavy (non-hydrogen) atoms. The van der Waals surface area contributed by atoms with Gasteiger partial charge in [0.1, 0.15) is 0 Å². The van der Waals surface area contributed by atoms with E-state index in [1.165, 1.54) is 21.6 Å². The van der Waals surface area contributed by atoms with Crippen LogP contribution in [0.5, 0.6) is 0 Å². The van der Waals surface area contributed by atoms with Crippen LogP contribution in [-0.2, 0) is 6.54 Å². The van der Waals surface area contributed by atoms with Crippen molar-refractivity contribution in [2.75, 3.05) is 5.32 Å². The van der Waals surface area contributed by atoms with E-state index in [-0.39, 0.29) is 0 Å². The fourth-order valence-electron chi connectivity index (χ4n) is 2.29. The Morgan fingerprint density at radius 3 is 2.57 bits per heavy atom. The smallest absolute Gasteiger partial charge is 0.0640 e. The molecule has 0 aliphatic rings. The Morgan fingerprint density at radius 1 is 1.00 bits per heavy atom. The molecule has 0 amide bonds. The second kappa shape index (κ2) is 6.33. The van der Waals surface area contributed by atoms with Gasteiger partial charge >= 0.3 is 0 Å². The van der Waals surface area contributed by atoms with Crippen LogP contribution in [0.4, 0.5) is 5.69 Å². The number of halogens is 1. The molecule has 0 radical (unpaired) electrons. The van der Waals surface area contributed by atoms with Crippen molar-refractivity contribution in [3.05, 3.63) is 75.4 Å². The molecule has 0 aliphatic carbocycles. The van der Waals surface area contributed by atoms with E-state index < -0.39 is 0 Å². The predicted molar refractivity (Wildman–Crippen MR) is 93.3 cm³/mol. The van der Waals surface area contributed by atoms with Crippen LogP contribution in [0.25, 0.3) is 11.1 Å². The van der Waals surface area contributed by atoms with Crippen molar-refractivity contribution >= 4 is 28.6 Å². The Balaban J connectivity index is 1.74. The van der Waals surface area contributed by atoms with Gasteiger partial charge in [-0.15, -0.1) is 11.3 Å². The molecule has 1 aromatic heterocycles. The van der Waals surface area contributed by atoms with Crippen LogP contribution in [0.3, 0.4) is 0 Å².